The van der Waals surface area contributed by atoms with E-state index < -0.39 is 23.8 Å². The first-order valence-electron chi connectivity index (χ1n) is 13.9. The van der Waals surface area contributed by atoms with Gasteiger partial charge in [0.15, 0.2) is 11.5 Å². The zero-order chi connectivity index (χ0) is 32.8. The van der Waals surface area contributed by atoms with Gasteiger partial charge >= 0.3 is 12.1 Å². The smallest absolute Gasteiger partial charge is 0.491 e. The number of benzene rings is 3. The lowest BCUT2D eigenvalue weighted by Gasteiger charge is -2.35. The number of esters is 1. The number of para-hydroxylation sites is 1. The molecule has 1 heterocycles. The van der Waals surface area contributed by atoms with Crippen LogP contribution in [-0.4, -0.2) is 42.9 Å². The summed E-state index contributed by atoms with van der Waals surface area (Å²) in [7, 11) is 1.44. The SMILES string of the molecule is CCOc1cc(C(Nc2ccc3c(N)nccc3c2)(OC(=O)C(F)(F)F)C(=O)NCc2ccccc2OC)ccc1OC(C)C. The van der Waals surface area contributed by atoms with Gasteiger partial charge in [-0.1, -0.05) is 18.2 Å². The molecule has 0 bridgehead atoms. The van der Waals surface area contributed by atoms with Gasteiger partial charge in [0.1, 0.15) is 11.6 Å². The third kappa shape index (κ3) is 7.48. The molecule has 0 aliphatic carbocycles. The number of nitrogens with zero attached hydrogens (tertiary/aromatic N) is 1. The maximum atomic E-state index is 14.2. The van der Waals surface area contributed by atoms with Gasteiger partial charge in [0.25, 0.3) is 11.6 Å². The highest BCUT2D eigenvalue weighted by molar-refractivity contribution is 5.95. The molecule has 4 N–H and O–H groups in total. The monoisotopic (exact) mass is 626 g/mol. The summed E-state index contributed by atoms with van der Waals surface area (Å²) in [6, 6.07) is 17.0. The number of nitrogens with one attached hydrogen (secondary N) is 2. The Morgan fingerprint density at radius 1 is 0.978 bits per heavy atom. The fraction of sp³-hybridized carbons (Fsp3) is 0.281. The summed E-state index contributed by atoms with van der Waals surface area (Å²) in [4.78, 5) is 30.8. The molecule has 1 amide bonds. The Morgan fingerprint density at radius 3 is 2.42 bits per heavy atom. The number of anilines is 2. The van der Waals surface area contributed by atoms with Crippen LogP contribution < -0.4 is 30.6 Å². The molecule has 0 saturated carbocycles. The van der Waals surface area contributed by atoms with Crippen molar-refractivity contribution in [3.8, 4) is 17.2 Å². The van der Waals surface area contributed by atoms with Crippen LogP contribution in [0.2, 0.25) is 0 Å². The molecule has 0 aliphatic heterocycles. The zero-order valence-corrected chi connectivity index (χ0v) is 25.0. The average molecular weight is 627 g/mol. The third-order valence-electron chi connectivity index (χ3n) is 6.56. The quantitative estimate of drug-likeness (QED) is 0.134. The minimum Gasteiger partial charge on any atom is -0.496 e. The number of rotatable bonds is 12. The van der Waals surface area contributed by atoms with Crippen LogP contribution in [0.3, 0.4) is 0 Å². The first-order valence-corrected chi connectivity index (χ1v) is 13.9. The Kier molecular flexibility index (Phi) is 9.90. The molecule has 0 aliphatic rings. The maximum Gasteiger partial charge on any atom is 0.491 e. The summed E-state index contributed by atoms with van der Waals surface area (Å²) in [5.74, 6) is -2.66. The molecule has 0 spiro atoms. The number of hydrogen-bond acceptors (Lipinski definition) is 9. The van der Waals surface area contributed by atoms with E-state index in [1.165, 1.54) is 43.6 Å². The fourth-order valence-corrected chi connectivity index (χ4v) is 4.57. The largest absolute Gasteiger partial charge is 0.496 e. The maximum absolute atomic E-state index is 14.2. The molecule has 0 radical (unpaired) electrons. The second kappa shape index (κ2) is 13.6. The normalized spacial score (nSPS) is 12.7. The molecule has 1 unspecified atom stereocenters. The molecule has 13 heteroatoms. The van der Waals surface area contributed by atoms with Crippen LogP contribution in [-0.2, 0) is 26.6 Å². The van der Waals surface area contributed by atoms with Gasteiger partial charge in [-0.2, -0.15) is 13.2 Å². The number of alkyl halides is 3. The molecule has 4 aromatic rings. The second-order valence-corrected chi connectivity index (χ2v) is 10.1. The van der Waals surface area contributed by atoms with Gasteiger partial charge in [0.2, 0.25) is 0 Å². The molecule has 10 nitrogen and oxygen atoms in total. The molecular weight excluding hydrogens is 593 g/mol. The number of amides is 1. The number of halogens is 3. The van der Waals surface area contributed by atoms with E-state index in [-0.39, 0.29) is 47.8 Å². The van der Waals surface area contributed by atoms with Gasteiger partial charge < -0.3 is 35.3 Å². The Balaban J connectivity index is 1.91. The van der Waals surface area contributed by atoms with Gasteiger partial charge in [-0.15, -0.1) is 0 Å². The number of carbonyl (C=O) groups is 2. The lowest BCUT2D eigenvalue weighted by molar-refractivity contribution is -0.213. The lowest BCUT2D eigenvalue weighted by Crippen LogP contribution is -2.54. The van der Waals surface area contributed by atoms with Crippen molar-refractivity contribution in [2.45, 2.75) is 45.3 Å². The van der Waals surface area contributed by atoms with E-state index in [4.69, 9.17) is 24.7 Å². The van der Waals surface area contributed by atoms with E-state index in [9.17, 15) is 22.8 Å². The highest BCUT2D eigenvalue weighted by Gasteiger charge is 2.52. The van der Waals surface area contributed by atoms with Crippen molar-refractivity contribution in [2.75, 3.05) is 24.8 Å². The van der Waals surface area contributed by atoms with Crippen molar-refractivity contribution in [3.05, 3.63) is 84.1 Å². The number of methoxy groups -OCH3 is 1. The lowest BCUT2D eigenvalue weighted by atomic mass is 9.99. The molecule has 1 aromatic heterocycles. The highest BCUT2D eigenvalue weighted by atomic mass is 19.4. The number of fused-ring (bicyclic) bond motifs is 1. The number of pyridine rings is 1. The number of ether oxygens (including phenoxy) is 4. The second-order valence-electron chi connectivity index (χ2n) is 10.1. The molecule has 45 heavy (non-hydrogen) atoms. The fourth-order valence-electron chi connectivity index (χ4n) is 4.57. The Hall–Kier alpha value is -5.20. The van der Waals surface area contributed by atoms with Crippen LogP contribution in [0.4, 0.5) is 24.7 Å². The zero-order valence-electron chi connectivity index (χ0n) is 25.0. The van der Waals surface area contributed by atoms with Crippen molar-refractivity contribution in [1.82, 2.24) is 10.3 Å². The van der Waals surface area contributed by atoms with Crippen LogP contribution in [0.1, 0.15) is 31.9 Å². The van der Waals surface area contributed by atoms with Gasteiger partial charge in [0.05, 0.1) is 19.8 Å². The van der Waals surface area contributed by atoms with Gasteiger partial charge in [0, 0.05) is 34.9 Å². The Morgan fingerprint density at radius 2 is 1.73 bits per heavy atom. The molecule has 3 aromatic carbocycles. The molecule has 4 rings (SSSR count). The first kappa shape index (κ1) is 32.7. The topological polar surface area (TPSA) is 134 Å². The molecule has 0 fully saturated rings. The molecule has 1 atom stereocenters. The van der Waals surface area contributed by atoms with Crippen molar-refractivity contribution >= 4 is 34.2 Å². The van der Waals surface area contributed by atoms with E-state index in [2.05, 4.69) is 15.6 Å². The summed E-state index contributed by atoms with van der Waals surface area (Å²) >= 11 is 0. The van der Waals surface area contributed by atoms with Crippen LogP contribution in [0.15, 0.2) is 72.9 Å². The van der Waals surface area contributed by atoms with E-state index >= 15 is 0 Å². The summed E-state index contributed by atoms with van der Waals surface area (Å²) in [6.45, 7) is 5.27. The van der Waals surface area contributed by atoms with Crippen molar-refractivity contribution < 1.29 is 41.7 Å². The highest BCUT2D eigenvalue weighted by Crippen LogP contribution is 2.38. The number of nitrogen functional groups attached to an aromatic ring is 1. The van der Waals surface area contributed by atoms with Crippen LogP contribution in [0, 0.1) is 0 Å². The van der Waals surface area contributed by atoms with Gasteiger partial charge in [-0.25, -0.2) is 9.78 Å². The summed E-state index contributed by atoms with van der Waals surface area (Å²) in [5, 5.41) is 6.51. The third-order valence-corrected chi connectivity index (χ3v) is 6.56. The van der Waals surface area contributed by atoms with Crippen molar-refractivity contribution in [2.24, 2.45) is 0 Å². The molecule has 238 valence electrons. The average Bonchev–Trinajstić information content (AvgIpc) is 3.00. The Labute approximate surface area is 257 Å². The predicted octanol–water partition coefficient (Wildman–Crippen LogP) is 5.70. The standard InChI is InChI=1S/C32H33F3N4O6/c1-5-43-27-17-22(10-13-26(27)44-19(2)3)31(45-30(41)32(33,34)35,29(40)38-18-21-8-6-7-9-25(21)42-4)39-23-11-12-24-20(16-23)14-15-37-28(24)36/h6-17,19,39H,5,18H2,1-4H3,(H2,36,37)(H,38,40). The van der Waals surface area contributed by atoms with E-state index in [0.29, 0.717) is 22.1 Å². The minimum atomic E-state index is -5.44. The molecule has 0 saturated heterocycles. The molecular formula is C32H33F3N4O6. The van der Waals surface area contributed by atoms with E-state index in [1.54, 1.807) is 57.2 Å². The summed E-state index contributed by atoms with van der Waals surface area (Å²) in [5.41, 5.74) is 3.69. The predicted molar refractivity (Wildman–Crippen MR) is 162 cm³/mol. The minimum absolute atomic E-state index is 0.118. The number of carbonyl (C=O) groups excluding carboxylic acids is 2. The summed E-state index contributed by atoms with van der Waals surface area (Å²) < 4.78 is 63.4. The number of aromatic nitrogens is 1. The van der Waals surface area contributed by atoms with Crippen LogP contribution >= 0.6 is 0 Å². The number of hydrogen-bond donors (Lipinski definition) is 3. The van der Waals surface area contributed by atoms with Gasteiger partial charge in [-0.3, -0.25) is 4.79 Å². The summed E-state index contributed by atoms with van der Waals surface area (Å²) in [6.07, 6.45) is -4.26. The van der Waals surface area contributed by atoms with Crippen LogP contribution in [0.25, 0.3) is 10.8 Å². The van der Waals surface area contributed by atoms with Crippen molar-refractivity contribution in [3.63, 3.8) is 0 Å². The van der Waals surface area contributed by atoms with Gasteiger partial charge in [-0.05, 0) is 74.7 Å². The van der Waals surface area contributed by atoms with E-state index in [0.717, 1.165) is 0 Å². The number of nitrogens with two attached hydrogens (primary N) is 1. The van der Waals surface area contributed by atoms with Crippen molar-refractivity contribution in [1.29, 1.82) is 0 Å². The van der Waals surface area contributed by atoms with E-state index in [1.807, 2.05) is 0 Å². The van der Waals surface area contributed by atoms with Crippen LogP contribution in [0.5, 0.6) is 17.2 Å². The Bertz CT molecular complexity index is 1680. The first-order chi connectivity index (χ1) is 21.4.